The minimum absolute atomic E-state index is 0.00844. The van der Waals surface area contributed by atoms with Crippen LogP contribution in [0.1, 0.15) is 78.0 Å². The van der Waals surface area contributed by atoms with Crippen molar-refractivity contribution in [2.75, 3.05) is 4.90 Å². The summed E-state index contributed by atoms with van der Waals surface area (Å²) in [7, 11) is 0. The van der Waals surface area contributed by atoms with Crippen LogP contribution < -0.4 is 20.6 Å². The highest BCUT2D eigenvalue weighted by Crippen LogP contribution is 2.52. The second-order valence-corrected chi connectivity index (χ2v) is 25.6. The van der Waals surface area contributed by atoms with Crippen molar-refractivity contribution in [3.05, 3.63) is 205 Å². The van der Waals surface area contributed by atoms with Crippen molar-refractivity contribution >= 4 is 105 Å². The van der Waals surface area contributed by atoms with Gasteiger partial charge in [0.15, 0.2) is 5.82 Å². The lowest BCUT2D eigenvalue weighted by Crippen LogP contribution is -2.59. The molecular weight excluding hydrogens is 982 g/mol. The Morgan fingerprint density at radius 3 is 2.05 bits per heavy atom. The number of pyridine rings is 2. The number of thiophene rings is 1. The molecule has 16 rings (SSSR count). The third kappa shape index (κ3) is 6.78. The zero-order valence-electron chi connectivity index (χ0n) is 45.4. The molecule has 0 saturated heterocycles. The quantitative estimate of drug-likeness (QED) is 0.161. The molecule has 0 spiro atoms. The van der Waals surface area contributed by atoms with E-state index in [0.717, 1.165) is 63.5 Å². The van der Waals surface area contributed by atoms with Crippen LogP contribution >= 0.6 is 11.3 Å². The molecule has 1 aliphatic carbocycles. The monoisotopic (exact) mass is 1040 g/mol. The highest BCUT2D eigenvalue weighted by Gasteiger charge is 2.46. The zero-order chi connectivity index (χ0) is 53.3. The molecule has 0 amide bonds. The van der Waals surface area contributed by atoms with E-state index >= 15 is 0 Å². The highest BCUT2D eigenvalue weighted by atomic mass is 32.1. The van der Waals surface area contributed by atoms with Gasteiger partial charge in [-0.1, -0.05) is 115 Å². The molecule has 9 heteroatoms. The van der Waals surface area contributed by atoms with Gasteiger partial charge >= 0.3 is 0 Å². The number of aromatic nitrogens is 6. The van der Waals surface area contributed by atoms with E-state index in [-0.39, 0.29) is 23.0 Å². The van der Waals surface area contributed by atoms with E-state index in [0.29, 0.717) is 5.82 Å². The molecule has 3 aliphatic rings. The van der Waals surface area contributed by atoms with E-state index < -0.39 is 0 Å². The lowest BCUT2D eigenvalue weighted by molar-refractivity contribution is 0.332. The number of benzene rings is 7. The van der Waals surface area contributed by atoms with Gasteiger partial charge in [0.25, 0.3) is 6.71 Å². The molecule has 2 aliphatic heterocycles. The molecule has 0 unspecified atom stereocenters. The molecule has 7 aromatic carbocycles. The predicted molar refractivity (Wildman–Crippen MR) is 331 cm³/mol. The number of para-hydroxylation sites is 3. The fourth-order valence-electron chi connectivity index (χ4n) is 13.7. The maximum Gasteiger partial charge on any atom is 0.264 e. The van der Waals surface area contributed by atoms with Gasteiger partial charge in [-0.05, 0) is 154 Å². The first-order chi connectivity index (χ1) is 38.3. The Kier molecular flexibility index (Phi) is 9.67. The third-order valence-electron chi connectivity index (χ3n) is 17.9. The van der Waals surface area contributed by atoms with E-state index in [1.807, 2.05) is 54.3 Å². The first kappa shape index (κ1) is 46.4. The SMILES string of the molecule is CC(C)(C)c1ccc2sc3c(c2c1)N(c1ccc2c(c1)C(C)(C)CCC2(C)C)c1cc(-c2nc(-c4ccncc4)cc(-c4cccnc4)n2)cc2c1B3c1cccc3c4cc5c6ccccc6n(-c6ccccc6)c5cc4n-2c13. The smallest absolute Gasteiger partial charge is 0.264 e. The Balaban J connectivity index is 1.07. The number of anilines is 3. The fourth-order valence-corrected chi connectivity index (χ4v) is 15.0. The van der Waals surface area contributed by atoms with Crippen molar-refractivity contribution in [3.63, 3.8) is 0 Å². The molecule has 0 N–H and O–H groups in total. The molecule has 7 nitrogen and oxygen atoms in total. The molecule has 0 fully saturated rings. The van der Waals surface area contributed by atoms with Crippen molar-refractivity contribution in [2.24, 2.45) is 0 Å². The highest BCUT2D eigenvalue weighted by molar-refractivity contribution is 7.33. The number of hydrogen-bond acceptors (Lipinski definition) is 6. The van der Waals surface area contributed by atoms with Gasteiger partial charge in [0.1, 0.15) is 0 Å². The van der Waals surface area contributed by atoms with Crippen LogP contribution in [0, 0.1) is 0 Å². The summed E-state index contributed by atoms with van der Waals surface area (Å²) in [6.07, 6.45) is 9.67. The summed E-state index contributed by atoms with van der Waals surface area (Å²) >= 11 is 1.96. The molecule has 6 aromatic heterocycles. The predicted octanol–water partition coefficient (Wildman–Crippen LogP) is 15.9. The molecule has 380 valence electrons. The Morgan fingerprint density at radius 1 is 0.519 bits per heavy atom. The Bertz CT molecular complexity index is 4660. The van der Waals surface area contributed by atoms with Crippen LogP contribution in [0.3, 0.4) is 0 Å². The Morgan fingerprint density at radius 2 is 1.25 bits per heavy atom. The summed E-state index contributed by atoms with van der Waals surface area (Å²) in [5.41, 5.74) is 21.9. The van der Waals surface area contributed by atoms with Crippen molar-refractivity contribution in [3.8, 4) is 45.3 Å². The van der Waals surface area contributed by atoms with Gasteiger partial charge in [-0.15, -0.1) is 11.3 Å². The lowest BCUT2D eigenvalue weighted by Gasteiger charge is -2.43. The molecular formula is C70H56BN7S. The first-order valence-electron chi connectivity index (χ1n) is 27.8. The number of fused-ring (bicyclic) bond motifs is 13. The van der Waals surface area contributed by atoms with Crippen LogP contribution in [0.2, 0.25) is 0 Å². The molecule has 13 aromatic rings. The zero-order valence-corrected chi connectivity index (χ0v) is 46.2. The van der Waals surface area contributed by atoms with Crippen LogP contribution in [-0.2, 0) is 16.2 Å². The minimum atomic E-state index is -0.0577. The van der Waals surface area contributed by atoms with Crippen LogP contribution in [0.15, 0.2) is 189 Å². The molecule has 8 heterocycles. The average Bonchev–Trinajstić information content (AvgIpc) is 4.04. The van der Waals surface area contributed by atoms with E-state index in [4.69, 9.17) is 9.97 Å². The standard InChI is InChI=1S/C70H56BN7S/c1-68(2,3)44-22-25-62-51(35-44)65-66(79-62)71-54-20-13-19-48-50-37-49-47-18-11-12-21-57(47)76(45-16-9-8-10-17-45)58(49)39-59(50)78(64(48)54)61-34-43(67-74-55(41-26-31-72-32-27-41)38-56(75-67)42-15-14-30-73-40-42)33-60(63(61)71)77(65)46-23-24-52-53(36-46)70(6,7)29-28-69(52,4)5/h8-27,30-40H,28-29H2,1-7H3. The largest absolute Gasteiger partial charge is 0.310 e. The summed E-state index contributed by atoms with van der Waals surface area (Å²) in [5.74, 6) is 0.645. The van der Waals surface area contributed by atoms with Gasteiger partial charge in [0, 0.05) is 106 Å². The van der Waals surface area contributed by atoms with Crippen molar-refractivity contribution in [2.45, 2.75) is 77.6 Å². The van der Waals surface area contributed by atoms with Gasteiger partial charge in [0.2, 0.25) is 0 Å². The Labute approximate surface area is 464 Å². The van der Waals surface area contributed by atoms with Gasteiger partial charge in [0.05, 0.1) is 33.6 Å². The van der Waals surface area contributed by atoms with E-state index in [2.05, 4.69) is 218 Å². The molecule has 79 heavy (non-hydrogen) atoms. The maximum absolute atomic E-state index is 5.54. The molecule has 0 bridgehead atoms. The number of nitrogens with zero attached hydrogens (tertiary/aromatic N) is 7. The van der Waals surface area contributed by atoms with E-state index in [1.54, 1.807) is 0 Å². The normalized spacial score (nSPS) is 15.1. The fraction of sp³-hybridized carbons (Fsp3) is 0.171. The second-order valence-electron chi connectivity index (χ2n) is 24.6. The molecule has 0 atom stereocenters. The second kappa shape index (κ2) is 16.4. The Hall–Kier alpha value is -8.66. The van der Waals surface area contributed by atoms with Gasteiger partial charge in [-0.25, -0.2) is 9.97 Å². The van der Waals surface area contributed by atoms with E-state index in [1.165, 1.54) is 91.9 Å². The number of hydrogen-bond donors (Lipinski definition) is 0. The van der Waals surface area contributed by atoms with E-state index in [9.17, 15) is 0 Å². The topological polar surface area (TPSA) is 64.7 Å². The summed E-state index contributed by atoms with van der Waals surface area (Å²) < 4.78 is 7.71. The van der Waals surface area contributed by atoms with Crippen LogP contribution in [0.25, 0.3) is 99.0 Å². The van der Waals surface area contributed by atoms with Crippen molar-refractivity contribution in [1.29, 1.82) is 0 Å². The van der Waals surface area contributed by atoms with Gasteiger partial charge in [-0.3, -0.25) is 9.97 Å². The number of rotatable bonds is 5. The average molecular weight is 1040 g/mol. The van der Waals surface area contributed by atoms with Gasteiger partial charge < -0.3 is 14.0 Å². The first-order valence-corrected chi connectivity index (χ1v) is 28.6. The summed E-state index contributed by atoms with van der Waals surface area (Å²) in [5, 5.41) is 6.24. The summed E-state index contributed by atoms with van der Waals surface area (Å²) in [4.78, 5) is 22.7. The minimum Gasteiger partial charge on any atom is -0.310 e. The lowest BCUT2D eigenvalue weighted by atomic mass is 9.36. The molecule has 0 radical (unpaired) electrons. The van der Waals surface area contributed by atoms with Crippen molar-refractivity contribution < 1.29 is 0 Å². The third-order valence-corrected chi connectivity index (χ3v) is 19.1. The van der Waals surface area contributed by atoms with Crippen molar-refractivity contribution in [1.82, 2.24) is 29.1 Å². The van der Waals surface area contributed by atoms with Crippen LogP contribution in [-0.4, -0.2) is 35.8 Å². The summed E-state index contributed by atoms with van der Waals surface area (Å²) in [6.45, 7) is 16.7. The van der Waals surface area contributed by atoms with Gasteiger partial charge in [-0.2, -0.15) is 0 Å². The molecule has 0 saturated carbocycles. The maximum atomic E-state index is 5.54. The summed E-state index contributed by atoms with van der Waals surface area (Å²) in [6, 6.07) is 61.4. The van der Waals surface area contributed by atoms with Crippen LogP contribution in [0.5, 0.6) is 0 Å². The van der Waals surface area contributed by atoms with Crippen LogP contribution in [0.4, 0.5) is 17.1 Å².